The van der Waals surface area contributed by atoms with Crippen molar-refractivity contribution < 1.29 is 5.11 Å². The number of benzene rings is 2. The minimum absolute atomic E-state index is 0.0218. The number of hydrogen-bond acceptors (Lipinski definition) is 3. The van der Waals surface area contributed by atoms with E-state index < -0.39 is 0 Å². The summed E-state index contributed by atoms with van der Waals surface area (Å²) < 4.78 is 0. The lowest BCUT2D eigenvalue weighted by Gasteiger charge is -2.22. The second kappa shape index (κ2) is 9.33. The van der Waals surface area contributed by atoms with Crippen molar-refractivity contribution in [2.24, 2.45) is 0 Å². The van der Waals surface area contributed by atoms with Crippen LogP contribution in [0, 0.1) is 0 Å². The highest BCUT2D eigenvalue weighted by molar-refractivity contribution is 5.79. The van der Waals surface area contributed by atoms with E-state index >= 15 is 0 Å². The van der Waals surface area contributed by atoms with Crippen LogP contribution in [-0.2, 0) is 6.54 Å². The van der Waals surface area contributed by atoms with Crippen molar-refractivity contribution in [2.45, 2.75) is 46.7 Å². The molecule has 0 atom stereocenters. The van der Waals surface area contributed by atoms with E-state index in [0.717, 1.165) is 27.8 Å². The third kappa shape index (κ3) is 5.66. The minimum Gasteiger partial charge on any atom is -0.507 e. The third-order valence-electron chi connectivity index (χ3n) is 4.10. The third-order valence-corrected chi connectivity index (χ3v) is 4.10. The zero-order valence-electron chi connectivity index (χ0n) is 17.0. The molecule has 0 aliphatic heterocycles. The van der Waals surface area contributed by atoms with E-state index in [2.05, 4.69) is 37.1 Å². The topological polar surface area (TPSA) is 45.2 Å². The predicted molar refractivity (Wildman–Crippen MR) is 115 cm³/mol. The molecule has 0 radical (unpaired) electrons. The minimum atomic E-state index is -0.0218. The van der Waals surface area contributed by atoms with Crippen LogP contribution < -0.4 is 5.32 Å². The van der Waals surface area contributed by atoms with Crippen molar-refractivity contribution >= 4 is 0 Å². The van der Waals surface area contributed by atoms with Crippen LogP contribution in [0.4, 0.5) is 0 Å². The summed E-state index contributed by atoms with van der Waals surface area (Å²) in [4.78, 5) is 4.10. The van der Waals surface area contributed by atoms with E-state index in [0.29, 0.717) is 12.3 Å². The van der Waals surface area contributed by atoms with E-state index in [-0.39, 0.29) is 5.54 Å². The first-order valence-electron chi connectivity index (χ1n) is 9.51. The maximum Gasteiger partial charge on any atom is 0.127 e. The van der Waals surface area contributed by atoms with E-state index in [9.17, 15) is 5.11 Å². The van der Waals surface area contributed by atoms with Crippen molar-refractivity contribution in [3.8, 4) is 28.0 Å². The Labute approximate surface area is 163 Å². The van der Waals surface area contributed by atoms with Crippen molar-refractivity contribution in [1.82, 2.24) is 10.3 Å². The van der Waals surface area contributed by atoms with Gasteiger partial charge in [-0.25, -0.2) is 0 Å². The Morgan fingerprint density at radius 3 is 2.07 bits per heavy atom. The van der Waals surface area contributed by atoms with Crippen LogP contribution >= 0.6 is 0 Å². The second-order valence-corrected chi connectivity index (χ2v) is 7.24. The number of phenolic OH excluding ortho intramolecular Hbond substituents is 1. The zero-order valence-corrected chi connectivity index (χ0v) is 17.0. The monoisotopic (exact) mass is 362 g/mol. The summed E-state index contributed by atoms with van der Waals surface area (Å²) in [5.41, 5.74) is 4.89. The molecule has 0 unspecified atom stereocenters. The molecule has 2 aromatic carbocycles. The lowest BCUT2D eigenvalue weighted by molar-refractivity contribution is 0.412. The van der Waals surface area contributed by atoms with Crippen LogP contribution in [0.2, 0.25) is 0 Å². The Morgan fingerprint density at radius 1 is 0.852 bits per heavy atom. The number of phenols is 1. The Bertz CT molecular complexity index is 838. The fourth-order valence-electron chi connectivity index (χ4n) is 2.74. The Kier molecular flexibility index (Phi) is 7.14. The molecule has 1 heterocycles. The van der Waals surface area contributed by atoms with Crippen LogP contribution in [0.3, 0.4) is 0 Å². The van der Waals surface area contributed by atoms with Gasteiger partial charge in [0, 0.05) is 35.6 Å². The van der Waals surface area contributed by atoms with Gasteiger partial charge in [-0.15, -0.1) is 0 Å². The van der Waals surface area contributed by atoms with E-state index in [4.69, 9.17) is 0 Å². The zero-order chi connectivity index (χ0) is 19.9. The first-order chi connectivity index (χ1) is 12.9. The maximum atomic E-state index is 10.9. The average Bonchev–Trinajstić information content (AvgIpc) is 2.69. The van der Waals surface area contributed by atoms with Gasteiger partial charge in [0.05, 0.1) is 0 Å². The van der Waals surface area contributed by atoms with Crippen LogP contribution in [0.1, 0.15) is 40.2 Å². The fraction of sp³-hybridized carbons (Fsp3) is 0.292. The average molecular weight is 363 g/mol. The number of hydrogen-bond donors (Lipinski definition) is 2. The molecule has 3 rings (SSSR count). The van der Waals surface area contributed by atoms with Crippen LogP contribution in [-0.4, -0.2) is 15.6 Å². The Morgan fingerprint density at radius 2 is 1.48 bits per heavy atom. The van der Waals surface area contributed by atoms with E-state index in [1.807, 2.05) is 62.4 Å². The Hall–Kier alpha value is -2.65. The molecule has 27 heavy (non-hydrogen) atoms. The van der Waals surface area contributed by atoms with Gasteiger partial charge < -0.3 is 10.4 Å². The van der Waals surface area contributed by atoms with E-state index in [1.54, 1.807) is 12.4 Å². The Balaban J connectivity index is 0.00000126. The summed E-state index contributed by atoms with van der Waals surface area (Å²) in [5.74, 6) is 0.334. The van der Waals surface area contributed by atoms with Gasteiger partial charge in [-0.3, -0.25) is 4.98 Å². The summed E-state index contributed by atoms with van der Waals surface area (Å²) in [7, 11) is 0. The molecule has 3 nitrogen and oxygen atoms in total. The number of rotatable bonds is 4. The quantitative estimate of drug-likeness (QED) is 0.595. The van der Waals surface area contributed by atoms with Gasteiger partial charge in [0.25, 0.3) is 0 Å². The van der Waals surface area contributed by atoms with Gasteiger partial charge in [-0.05, 0) is 61.7 Å². The summed E-state index contributed by atoms with van der Waals surface area (Å²) in [5, 5.41) is 14.3. The van der Waals surface area contributed by atoms with Crippen LogP contribution in [0.15, 0.2) is 67.0 Å². The molecule has 0 aliphatic rings. The highest BCUT2D eigenvalue weighted by atomic mass is 16.3. The first-order valence-corrected chi connectivity index (χ1v) is 9.51. The lowest BCUT2D eigenvalue weighted by atomic mass is 9.95. The van der Waals surface area contributed by atoms with E-state index in [1.165, 1.54) is 0 Å². The molecule has 0 saturated heterocycles. The SMILES string of the molecule is CC.CC(C)(C)NCc1cc(-c2ccncc2)cc(-c2ccccc2)c1O. The van der Waals surface area contributed by atoms with Gasteiger partial charge in [-0.2, -0.15) is 0 Å². The molecule has 0 saturated carbocycles. The molecule has 0 fully saturated rings. The molecule has 0 bridgehead atoms. The number of aromatic nitrogens is 1. The molecular weight excluding hydrogens is 332 g/mol. The van der Waals surface area contributed by atoms with Gasteiger partial charge >= 0.3 is 0 Å². The number of pyridine rings is 1. The molecule has 0 aliphatic carbocycles. The maximum absolute atomic E-state index is 10.9. The van der Waals surface area contributed by atoms with Gasteiger partial charge in [0.15, 0.2) is 0 Å². The predicted octanol–water partition coefficient (Wildman–Crippen LogP) is 6.04. The van der Waals surface area contributed by atoms with Gasteiger partial charge in [-0.1, -0.05) is 44.2 Å². The standard InChI is InChI=1S/C22H24N2O.C2H6/c1-22(2,3)24-15-19-13-18(16-9-11-23-12-10-16)14-20(21(19)25)17-7-5-4-6-8-17;1-2/h4-14,24-25H,15H2,1-3H3;1-2H3. The van der Waals surface area contributed by atoms with Crippen molar-refractivity contribution in [1.29, 1.82) is 0 Å². The molecule has 1 aromatic heterocycles. The summed E-state index contributed by atoms with van der Waals surface area (Å²) in [6, 6.07) is 18.1. The molecule has 3 aromatic rings. The van der Waals surface area contributed by atoms with Crippen molar-refractivity contribution in [2.75, 3.05) is 0 Å². The van der Waals surface area contributed by atoms with Gasteiger partial charge in [0.1, 0.15) is 5.75 Å². The normalized spacial score (nSPS) is 10.9. The first kappa shape index (κ1) is 20.7. The number of aromatic hydroxyl groups is 1. The van der Waals surface area contributed by atoms with Crippen molar-refractivity contribution in [3.63, 3.8) is 0 Å². The summed E-state index contributed by atoms with van der Waals surface area (Å²) in [6.45, 7) is 11.0. The fourth-order valence-corrected chi connectivity index (χ4v) is 2.74. The molecule has 2 N–H and O–H groups in total. The highest BCUT2D eigenvalue weighted by Gasteiger charge is 2.15. The highest BCUT2D eigenvalue weighted by Crippen LogP contribution is 2.37. The molecular formula is C24H30N2O. The summed E-state index contributed by atoms with van der Waals surface area (Å²) in [6.07, 6.45) is 3.58. The smallest absolute Gasteiger partial charge is 0.127 e. The molecule has 0 spiro atoms. The molecule has 0 amide bonds. The second-order valence-electron chi connectivity index (χ2n) is 7.24. The van der Waals surface area contributed by atoms with Crippen LogP contribution in [0.5, 0.6) is 5.75 Å². The molecule has 3 heteroatoms. The molecule has 142 valence electrons. The van der Waals surface area contributed by atoms with Crippen LogP contribution in [0.25, 0.3) is 22.3 Å². The van der Waals surface area contributed by atoms with Crippen molar-refractivity contribution in [3.05, 3.63) is 72.6 Å². The number of nitrogens with zero attached hydrogens (tertiary/aromatic N) is 1. The largest absolute Gasteiger partial charge is 0.507 e. The lowest BCUT2D eigenvalue weighted by Crippen LogP contribution is -2.35. The number of nitrogens with one attached hydrogen (secondary N) is 1. The summed E-state index contributed by atoms with van der Waals surface area (Å²) >= 11 is 0. The van der Waals surface area contributed by atoms with Gasteiger partial charge in [0.2, 0.25) is 0 Å².